The summed E-state index contributed by atoms with van der Waals surface area (Å²) in [4.78, 5) is 22.9. The summed E-state index contributed by atoms with van der Waals surface area (Å²) in [5.41, 5.74) is 2.19. The van der Waals surface area contributed by atoms with Crippen molar-refractivity contribution in [3.63, 3.8) is 0 Å². The zero-order chi connectivity index (χ0) is 19.5. The third kappa shape index (κ3) is 4.06. The van der Waals surface area contributed by atoms with Crippen LogP contribution in [0.4, 0.5) is 9.18 Å². The molecule has 3 heterocycles. The van der Waals surface area contributed by atoms with E-state index in [0.29, 0.717) is 18.2 Å². The fraction of sp³-hybridized carbons (Fsp3) is 0.350. The Morgan fingerprint density at radius 3 is 3.04 bits per heavy atom. The van der Waals surface area contributed by atoms with Crippen LogP contribution < -0.4 is 5.32 Å². The molecule has 0 aliphatic carbocycles. The number of likely N-dealkylation sites (tertiary alicyclic amines) is 1. The number of aromatic nitrogens is 3. The molecule has 1 aromatic carbocycles. The van der Waals surface area contributed by atoms with Crippen LogP contribution in [0.2, 0.25) is 0 Å². The lowest BCUT2D eigenvalue weighted by Gasteiger charge is -2.31. The minimum atomic E-state index is -0.345. The van der Waals surface area contributed by atoms with E-state index < -0.39 is 0 Å². The molecule has 8 heteroatoms. The van der Waals surface area contributed by atoms with E-state index in [2.05, 4.69) is 20.7 Å². The maximum absolute atomic E-state index is 14.4. The number of amides is 2. The van der Waals surface area contributed by atoms with Gasteiger partial charge in [0.15, 0.2) is 0 Å². The number of hydrogen-bond acceptors (Lipinski definition) is 4. The lowest BCUT2D eigenvalue weighted by Crippen LogP contribution is -2.44. The van der Waals surface area contributed by atoms with Crippen LogP contribution in [-0.4, -0.2) is 38.6 Å². The second-order valence-electron chi connectivity index (χ2n) is 7.03. The molecule has 146 valence electrons. The lowest BCUT2D eigenvalue weighted by atomic mass is 9.99. The van der Waals surface area contributed by atoms with Gasteiger partial charge in [0.05, 0.1) is 17.0 Å². The van der Waals surface area contributed by atoms with E-state index in [9.17, 15) is 9.18 Å². The van der Waals surface area contributed by atoms with Gasteiger partial charge in [0.1, 0.15) is 5.82 Å². The van der Waals surface area contributed by atoms with Crippen LogP contribution in [0.25, 0.3) is 5.69 Å². The van der Waals surface area contributed by atoms with Crippen LogP contribution >= 0.6 is 11.3 Å². The molecule has 0 spiro atoms. The van der Waals surface area contributed by atoms with Gasteiger partial charge in [-0.3, -0.25) is 0 Å². The van der Waals surface area contributed by atoms with Crippen molar-refractivity contribution < 1.29 is 9.18 Å². The smallest absolute Gasteiger partial charge is 0.317 e. The minimum Gasteiger partial charge on any atom is -0.334 e. The quantitative estimate of drug-likeness (QED) is 0.724. The number of nitrogens with zero attached hydrogens (tertiary/aromatic N) is 4. The van der Waals surface area contributed by atoms with Crippen LogP contribution in [-0.2, 0) is 6.54 Å². The van der Waals surface area contributed by atoms with Gasteiger partial charge >= 0.3 is 6.03 Å². The first-order chi connectivity index (χ1) is 13.6. The van der Waals surface area contributed by atoms with Crippen molar-refractivity contribution in [3.05, 3.63) is 64.4 Å². The first-order valence-electron chi connectivity index (χ1n) is 9.31. The van der Waals surface area contributed by atoms with Crippen LogP contribution in [0, 0.1) is 12.7 Å². The van der Waals surface area contributed by atoms with Crippen LogP contribution in [0.15, 0.2) is 42.3 Å². The molecule has 3 aromatic rings. The average Bonchev–Trinajstić information content (AvgIpc) is 3.38. The summed E-state index contributed by atoms with van der Waals surface area (Å²) in [5, 5.41) is 6.07. The highest BCUT2D eigenvalue weighted by Gasteiger charge is 2.26. The van der Waals surface area contributed by atoms with Crippen LogP contribution in [0.1, 0.15) is 35.0 Å². The summed E-state index contributed by atoms with van der Waals surface area (Å²) < 4.78 is 16.0. The number of halogens is 1. The van der Waals surface area contributed by atoms with E-state index in [1.165, 1.54) is 6.07 Å². The van der Waals surface area contributed by atoms with Gasteiger partial charge in [0.2, 0.25) is 0 Å². The number of aryl methyl sites for hydroxylation is 1. The zero-order valence-electron chi connectivity index (χ0n) is 15.6. The van der Waals surface area contributed by atoms with Gasteiger partial charge in [0, 0.05) is 49.0 Å². The van der Waals surface area contributed by atoms with Crippen LogP contribution in [0.3, 0.4) is 0 Å². The number of carbonyl (C=O) groups excluding carboxylic acids is 1. The standard InChI is InChI=1S/C20H22FN5OS/c1-14-12-28-19(24-14)16-3-2-7-25(11-16)20(27)23-10-15-4-5-18(17(21)9-15)26-8-6-22-13-26/h4-6,8-9,12-13,16H,2-3,7,10-11H2,1H3,(H,23,27). The highest BCUT2D eigenvalue weighted by molar-refractivity contribution is 7.09. The second-order valence-corrected chi connectivity index (χ2v) is 7.92. The third-order valence-corrected chi connectivity index (χ3v) is 6.06. The Labute approximate surface area is 167 Å². The fourth-order valence-corrected chi connectivity index (χ4v) is 4.41. The highest BCUT2D eigenvalue weighted by Crippen LogP contribution is 2.29. The molecular weight excluding hydrogens is 377 g/mol. The van der Waals surface area contributed by atoms with E-state index >= 15 is 0 Å². The molecule has 1 aliphatic rings. The Hall–Kier alpha value is -2.74. The monoisotopic (exact) mass is 399 g/mol. The van der Waals surface area contributed by atoms with Gasteiger partial charge in [-0.15, -0.1) is 11.3 Å². The molecule has 1 N–H and O–H groups in total. The van der Waals surface area contributed by atoms with E-state index in [1.54, 1.807) is 40.7 Å². The van der Waals surface area contributed by atoms with Gasteiger partial charge in [-0.05, 0) is 37.5 Å². The molecule has 1 fully saturated rings. The van der Waals surface area contributed by atoms with E-state index in [4.69, 9.17) is 0 Å². The zero-order valence-corrected chi connectivity index (χ0v) is 16.5. The normalized spacial score (nSPS) is 16.9. The number of imidazole rings is 1. The Kier molecular flexibility index (Phi) is 5.38. The van der Waals surface area contributed by atoms with Crippen molar-refractivity contribution in [3.8, 4) is 5.69 Å². The number of carbonyl (C=O) groups is 1. The summed E-state index contributed by atoms with van der Waals surface area (Å²) in [6.45, 7) is 3.69. The SMILES string of the molecule is Cc1csc(C2CCCN(C(=O)NCc3ccc(-n4ccnc4)c(F)c3)C2)n1. The number of piperidine rings is 1. The minimum absolute atomic E-state index is 0.114. The Morgan fingerprint density at radius 2 is 2.32 bits per heavy atom. The van der Waals surface area contributed by atoms with E-state index in [1.807, 2.05) is 17.9 Å². The second kappa shape index (κ2) is 8.10. The maximum atomic E-state index is 14.4. The summed E-state index contributed by atoms with van der Waals surface area (Å²) in [6.07, 6.45) is 6.86. The van der Waals surface area contributed by atoms with Gasteiger partial charge in [0.25, 0.3) is 0 Å². The average molecular weight is 399 g/mol. The Morgan fingerprint density at radius 1 is 1.43 bits per heavy atom. The molecule has 4 rings (SSSR count). The molecule has 0 bridgehead atoms. The van der Waals surface area contributed by atoms with Crippen molar-refractivity contribution >= 4 is 17.4 Å². The van der Waals surface area contributed by atoms with Crippen molar-refractivity contribution in [2.45, 2.75) is 32.2 Å². The summed E-state index contributed by atoms with van der Waals surface area (Å²) >= 11 is 1.66. The molecule has 1 saturated heterocycles. The molecule has 1 aliphatic heterocycles. The molecule has 28 heavy (non-hydrogen) atoms. The van der Waals surface area contributed by atoms with Gasteiger partial charge in [-0.25, -0.2) is 19.2 Å². The van der Waals surface area contributed by atoms with Gasteiger partial charge < -0.3 is 14.8 Å². The predicted octanol–water partition coefficient (Wildman–Crippen LogP) is 3.87. The Bertz CT molecular complexity index is 955. The molecule has 2 amide bonds. The molecule has 0 radical (unpaired) electrons. The Balaban J connectivity index is 1.35. The third-order valence-electron chi connectivity index (χ3n) is 4.93. The van der Waals surface area contributed by atoms with Gasteiger partial charge in [-0.1, -0.05) is 6.07 Å². The first kappa shape index (κ1) is 18.6. The molecule has 2 aromatic heterocycles. The predicted molar refractivity (Wildman–Crippen MR) is 106 cm³/mol. The molecule has 1 atom stereocenters. The van der Waals surface area contributed by atoms with Crippen molar-refractivity contribution in [2.24, 2.45) is 0 Å². The van der Waals surface area contributed by atoms with E-state index in [0.717, 1.165) is 35.7 Å². The van der Waals surface area contributed by atoms with E-state index in [-0.39, 0.29) is 18.4 Å². The van der Waals surface area contributed by atoms with Gasteiger partial charge in [-0.2, -0.15) is 0 Å². The number of urea groups is 1. The maximum Gasteiger partial charge on any atom is 0.317 e. The summed E-state index contributed by atoms with van der Waals surface area (Å²) in [7, 11) is 0. The number of rotatable bonds is 4. The van der Waals surface area contributed by atoms with Crippen molar-refractivity contribution in [1.29, 1.82) is 0 Å². The number of hydrogen-bond donors (Lipinski definition) is 1. The number of thiazole rings is 1. The van der Waals surface area contributed by atoms with Crippen molar-refractivity contribution in [2.75, 3.05) is 13.1 Å². The van der Waals surface area contributed by atoms with Crippen molar-refractivity contribution in [1.82, 2.24) is 24.8 Å². The molecule has 6 nitrogen and oxygen atoms in total. The number of nitrogens with one attached hydrogen (secondary N) is 1. The number of benzene rings is 1. The molecular formula is C20H22FN5OS. The summed E-state index contributed by atoms with van der Waals surface area (Å²) in [5.74, 6) is -0.0490. The molecule has 0 saturated carbocycles. The van der Waals surface area contributed by atoms with Crippen LogP contribution in [0.5, 0.6) is 0 Å². The largest absolute Gasteiger partial charge is 0.334 e. The topological polar surface area (TPSA) is 63.1 Å². The first-order valence-corrected chi connectivity index (χ1v) is 10.2. The summed E-state index contributed by atoms with van der Waals surface area (Å²) in [6, 6.07) is 4.85. The highest BCUT2D eigenvalue weighted by atomic mass is 32.1. The molecule has 1 unspecified atom stereocenters. The fourth-order valence-electron chi connectivity index (χ4n) is 3.48. The lowest BCUT2D eigenvalue weighted by molar-refractivity contribution is 0.179.